The lowest BCUT2D eigenvalue weighted by molar-refractivity contribution is 0.689. The lowest BCUT2D eigenvalue weighted by Crippen LogP contribution is -2.04. The van der Waals surface area contributed by atoms with Crippen LogP contribution in [0.1, 0.15) is 25.7 Å². The number of anilines is 2. The monoisotopic (exact) mass is 295 g/mol. The number of nitrogens with two attached hydrogens (primary N) is 1. The molecule has 0 atom stereocenters. The molecule has 1 aromatic heterocycles. The molecule has 0 bridgehead atoms. The summed E-state index contributed by atoms with van der Waals surface area (Å²) < 4.78 is 1.15. The van der Waals surface area contributed by atoms with Gasteiger partial charge in [0, 0.05) is 6.54 Å². The molecule has 0 aliphatic rings. The molecule has 0 aliphatic carbocycles. The Balaban J connectivity index is 1.77. The van der Waals surface area contributed by atoms with Crippen molar-refractivity contribution in [3.05, 3.63) is 17.6 Å². The fourth-order valence-electron chi connectivity index (χ4n) is 2.05. The molecular weight excluding hydrogens is 274 g/mol. The number of thioether (sulfide) groups is 1. The van der Waals surface area contributed by atoms with Gasteiger partial charge in [-0.2, -0.15) is 11.8 Å². The third kappa shape index (κ3) is 4.01. The van der Waals surface area contributed by atoms with Crippen LogP contribution in [0.25, 0.3) is 10.2 Å². The van der Waals surface area contributed by atoms with Crippen LogP contribution < -0.4 is 11.1 Å². The largest absolute Gasteiger partial charge is 0.395 e. The summed E-state index contributed by atoms with van der Waals surface area (Å²) in [7, 11) is 0. The highest BCUT2D eigenvalue weighted by molar-refractivity contribution is 7.98. The highest BCUT2D eigenvalue weighted by atomic mass is 32.2. The zero-order chi connectivity index (χ0) is 13.5. The van der Waals surface area contributed by atoms with Crippen molar-refractivity contribution in [2.45, 2.75) is 25.7 Å². The molecule has 0 saturated heterocycles. The standard InChI is InChI=1S/C14H21N3S2/c1-18-9-5-3-2-4-8-16-11-6-7-12-14(13(11)15)17-10-19-12/h6-7,10,16H,2-5,8-9,15H2,1H3. The molecule has 0 fully saturated rings. The SMILES string of the molecule is CSCCCCCCNc1ccc2scnc2c1N. The van der Waals surface area contributed by atoms with Crippen molar-refractivity contribution in [2.75, 3.05) is 29.6 Å². The first-order valence-corrected chi connectivity index (χ1v) is 8.94. The molecule has 0 radical (unpaired) electrons. The maximum Gasteiger partial charge on any atom is 0.106 e. The van der Waals surface area contributed by atoms with E-state index in [4.69, 9.17) is 5.73 Å². The Bertz CT molecular complexity index is 510. The molecular formula is C14H21N3S2. The minimum absolute atomic E-state index is 0.779. The van der Waals surface area contributed by atoms with Gasteiger partial charge in [-0.25, -0.2) is 4.98 Å². The number of thiazole rings is 1. The van der Waals surface area contributed by atoms with Gasteiger partial charge in [-0.3, -0.25) is 0 Å². The summed E-state index contributed by atoms with van der Waals surface area (Å²) in [6.07, 6.45) is 7.30. The first-order chi connectivity index (χ1) is 9.33. The van der Waals surface area contributed by atoms with Crippen LogP contribution in [0, 0.1) is 0 Å². The predicted molar refractivity (Wildman–Crippen MR) is 89.4 cm³/mol. The van der Waals surface area contributed by atoms with Crippen LogP contribution in [-0.2, 0) is 0 Å². The van der Waals surface area contributed by atoms with Gasteiger partial charge in [0.05, 0.1) is 21.6 Å². The van der Waals surface area contributed by atoms with Gasteiger partial charge < -0.3 is 11.1 Å². The van der Waals surface area contributed by atoms with Crippen molar-refractivity contribution in [2.24, 2.45) is 0 Å². The number of benzene rings is 1. The van der Waals surface area contributed by atoms with Crippen LogP contribution in [0.3, 0.4) is 0 Å². The average Bonchev–Trinajstić information content (AvgIpc) is 2.89. The molecule has 5 heteroatoms. The average molecular weight is 295 g/mol. The molecule has 3 nitrogen and oxygen atoms in total. The zero-order valence-electron chi connectivity index (χ0n) is 11.3. The molecule has 0 spiro atoms. The third-order valence-corrected chi connectivity index (χ3v) is 4.62. The smallest absolute Gasteiger partial charge is 0.106 e. The Labute approximate surface area is 123 Å². The van der Waals surface area contributed by atoms with E-state index in [9.17, 15) is 0 Å². The van der Waals surface area contributed by atoms with Crippen molar-refractivity contribution in [3.63, 3.8) is 0 Å². The number of fused-ring (bicyclic) bond motifs is 1. The van der Waals surface area contributed by atoms with Crippen molar-refractivity contribution in [1.82, 2.24) is 4.98 Å². The molecule has 1 aromatic carbocycles. The minimum atomic E-state index is 0.779. The first-order valence-electron chi connectivity index (χ1n) is 6.67. The second-order valence-electron chi connectivity index (χ2n) is 4.56. The number of nitrogen functional groups attached to an aromatic ring is 1. The van der Waals surface area contributed by atoms with Crippen molar-refractivity contribution >= 4 is 44.7 Å². The number of hydrogen-bond donors (Lipinski definition) is 2. The van der Waals surface area contributed by atoms with Crippen LogP contribution in [-0.4, -0.2) is 23.5 Å². The number of aromatic nitrogens is 1. The van der Waals surface area contributed by atoms with Gasteiger partial charge in [-0.1, -0.05) is 12.8 Å². The summed E-state index contributed by atoms with van der Waals surface area (Å²) in [5.74, 6) is 1.28. The van der Waals surface area contributed by atoms with E-state index < -0.39 is 0 Å². The summed E-state index contributed by atoms with van der Waals surface area (Å²) in [5.41, 5.74) is 10.7. The van der Waals surface area contributed by atoms with Crippen LogP contribution >= 0.6 is 23.1 Å². The molecule has 0 saturated carbocycles. The van der Waals surface area contributed by atoms with Gasteiger partial charge in [0.15, 0.2) is 0 Å². The summed E-state index contributed by atoms with van der Waals surface area (Å²) >= 11 is 3.56. The quantitative estimate of drug-likeness (QED) is 0.565. The first kappa shape index (κ1) is 14.5. The van der Waals surface area contributed by atoms with Gasteiger partial charge in [0.25, 0.3) is 0 Å². The highest BCUT2D eigenvalue weighted by Crippen LogP contribution is 2.29. The molecule has 3 N–H and O–H groups in total. The van der Waals surface area contributed by atoms with Gasteiger partial charge in [0.1, 0.15) is 5.52 Å². The van der Waals surface area contributed by atoms with Crippen molar-refractivity contribution < 1.29 is 0 Å². The van der Waals surface area contributed by atoms with Gasteiger partial charge in [0.2, 0.25) is 0 Å². The van der Waals surface area contributed by atoms with E-state index in [1.165, 1.54) is 31.4 Å². The number of nitrogens with zero attached hydrogens (tertiary/aromatic N) is 1. The number of rotatable bonds is 8. The van der Waals surface area contributed by atoms with E-state index in [-0.39, 0.29) is 0 Å². The topological polar surface area (TPSA) is 50.9 Å². The fraction of sp³-hybridized carbons (Fsp3) is 0.500. The molecule has 104 valence electrons. The van der Waals surface area contributed by atoms with E-state index in [0.29, 0.717) is 0 Å². The molecule has 0 unspecified atom stereocenters. The lowest BCUT2D eigenvalue weighted by atomic mass is 10.2. The van der Waals surface area contributed by atoms with Gasteiger partial charge in [-0.05, 0) is 37.0 Å². The summed E-state index contributed by atoms with van der Waals surface area (Å²) in [6.45, 7) is 0.985. The summed E-state index contributed by atoms with van der Waals surface area (Å²) in [6, 6.07) is 4.15. The van der Waals surface area contributed by atoms with Crippen molar-refractivity contribution in [1.29, 1.82) is 0 Å². The summed E-state index contributed by atoms with van der Waals surface area (Å²) in [4.78, 5) is 4.31. The van der Waals surface area contributed by atoms with E-state index in [2.05, 4.69) is 28.7 Å². The fourth-order valence-corrected chi connectivity index (χ4v) is 3.24. The maximum atomic E-state index is 6.12. The Morgan fingerprint density at radius 3 is 2.95 bits per heavy atom. The second-order valence-corrected chi connectivity index (χ2v) is 6.43. The minimum Gasteiger partial charge on any atom is -0.395 e. The maximum absolute atomic E-state index is 6.12. The Hall–Kier alpha value is -0.940. The predicted octanol–water partition coefficient (Wildman–Crippen LogP) is 4.21. The van der Waals surface area contributed by atoms with Gasteiger partial charge >= 0.3 is 0 Å². The van der Waals surface area contributed by atoms with Crippen LogP contribution in [0.15, 0.2) is 17.6 Å². The van der Waals surface area contributed by atoms with Gasteiger partial charge in [-0.15, -0.1) is 11.3 Å². The molecule has 2 rings (SSSR count). The van der Waals surface area contributed by atoms with E-state index >= 15 is 0 Å². The Kier molecular flexibility index (Phi) is 5.79. The number of hydrogen-bond acceptors (Lipinski definition) is 5. The summed E-state index contributed by atoms with van der Waals surface area (Å²) in [5, 5.41) is 3.42. The Morgan fingerprint density at radius 1 is 1.26 bits per heavy atom. The molecule has 0 amide bonds. The molecule has 19 heavy (non-hydrogen) atoms. The van der Waals surface area contributed by atoms with E-state index in [1.807, 2.05) is 17.3 Å². The third-order valence-electron chi connectivity index (χ3n) is 3.13. The molecule has 2 aromatic rings. The zero-order valence-corrected chi connectivity index (χ0v) is 12.9. The number of unbranched alkanes of at least 4 members (excludes halogenated alkanes) is 3. The molecule has 1 heterocycles. The van der Waals surface area contributed by atoms with Crippen molar-refractivity contribution in [3.8, 4) is 0 Å². The van der Waals surface area contributed by atoms with E-state index in [1.54, 1.807) is 11.3 Å². The normalized spacial score (nSPS) is 11.0. The van der Waals surface area contributed by atoms with E-state index in [0.717, 1.165) is 28.1 Å². The van der Waals surface area contributed by atoms with Crippen LogP contribution in [0.4, 0.5) is 11.4 Å². The number of nitrogens with one attached hydrogen (secondary N) is 1. The van der Waals surface area contributed by atoms with Crippen LogP contribution in [0.5, 0.6) is 0 Å². The van der Waals surface area contributed by atoms with Crippen LogP contribution in [0.2, 0.25) is 0 Å². The molecule has 0 aliphatic heterocycles. The Morgan fingerprint density at radius 2 is 2.11 bits per heavy atom. The second kappa shape index (κ2) is 7.60. The highest BCUT2D eigenvalue weighted by Gasteiger charge is 2.05. The lowest BCUT2D eigenvalue weighted by Gasteiger charge is -2.09.